The lowest BCUT2D eigenvalue weighted by atomic mass is 9.72. The Balaban J connectivity index is 1.45. The fourth-order valence-corrected chi connectivity index (χ4v) is 6.08. The number of hydrogen-bond donors (Lipinski definition) is 1. The molecule has 0 radical (unpaired) electrons. The van der Waals surface area contributed by atoms with Gasteiger partial charge in [-0.05, 0) is 59.9 Å². The average molecular weight is 569 g/mol. The van der Waals surface area contributed by atoms with Crippen molar-refractivity contribution in [1.82, 2.24) is 4.90 Å². The van der Waals surface area contributed by atoms with E-state index in [1.54, 1.807) is 0 Å². The van der Waals surface area contributed by atoms with E-state index in [-0.39, 0.29) is 5.92 Å². The lowest BCUT2D eigenvalue weighted by Crippen LogP contribution is -2.50. The number of hydrogen-bond acceptors (Lipinski definition) is 4. The molecule has 4 aromatic rings. The fourth-order valence-electron chi connectivity index (χ4n) is 5.92. The molecule has 0 saturated carbocycles. The molecule has 0 amide bonds. The Morgan fingerprint density at radius 2 is 1.46 bits per heavy atom. The minimum atomic E-state index is -1.23. The van der Waals surface area contributed by atoms with Gasteiger partial charge in [-0.1, -0.05) is 104 Å². The Bertz CT molecular complexity index is 1370. The van der Waals surface area contributed by atoms with E-state index in [9.17, 15) is 5.11 Å². The summed E-state index contributed by atoms with van der Waals surface area (Å²) >= 11 is 6.34. The molecule has 2 atom stereocenters. The van der Waals surface area contributed by atoms with E-state index >= 15 is 0 Å². The van der Waals surface area contributed by atoms with E-state index < -0.39 is 5.60 Å². The predicted molar refractivity (Wildman–Crippen MR) is 170 cm³/mol. The summed E-state index contributed by atoms with van der Waals surface area (Å²) in [6.45, 7) is 9.37. The molecule has 4 nitrogen and oxygen atoms in total. The zero-order chi connectivity index (χ0) is 28.7. The Kier molecular flexibility index (Phi) is 9.66. The van der Waals surface area contributed by atoms with Crippen LogP contribution in [-0.2, 0) is 5.60 Å². The molecular formula is C36H41ClN2O2. The van der Waals surface area contributed by atoms with E-state index in [0.717, 1.165) is 73.0 Å². The second kappa shape index (κ2) is 13.6. The molecule has 0 aliphatic carbocycles. The van der Waals surface area contributed by atoms with Crippen molar-refractivity contribution in [3.63, 3.8) is 0 Å². The van der Waals surface area contributed by atoms with Crippen molar-refractivity contribution in [2.24, 2.45) is 0 Å². The van der Waals surface area contributed by atoms with Crippen LogP contribution in [0, 0.1) is 6.92 Å². The molecule has 1 saturated heterocycles. The quantitative estimate of drug-likeness (QED) is 0.188. The van der Waals surface area contributed by atoms with E-state index in [2.05, 4.69) is 60.0 Å². The monoisotopic (exact) mass is 568 g/mol. The standard InChI is InChI=1S/C36H41ClN2O2/c1-3-4-25-41-33-19-16-31(17-20-33)36(40,30-13-9-6-10-14-30)34(29-11-7-5-8-12-29)27-38-21-23-39(24-22-38)35-26-32(37)18-15-28(35)2/h5-20,26,34,40H,3-4,21-25,27H2,1-2H3. The van der Waals surface area contributed by atoms with Gasteiger partial charge in [-0.25, -0.2) is 0 Å². The number of rotatable bonds is 11. The summed E-state index contributed by atoms with van der Waals surface area (Å²) in [7, 11) is 0. The molecule has 1 fully saturated rings. The number of halogens is 1. The van der Waals surface area contributed by atoms with Crippen LogP contribution in [0.1, 0.15) is 47.9 Å². The summed E-state index contributed by atoms with van der Waals surface area (Å²) in [5.74, 6) is 0.652. The highest BCUT2D eigenvalue weighted by Gasteiger charge is 2.42. The van der Waals surface area contributed by atoms with Gasteiger partial charge in [0.15, 0.2) is 0 Å². The lowest BCUT2D eigenvalue weighted by molar-refractivity contribution is 0.0328. The minimum Gasteiger partial charge on any atom is -0.494 e. The first-order valence-electron chi connectivity index (χ1n) is 14.8. The van der Waals surface area contributed by atoms with Crippen LogP contribution in [0.15, 0.2) is 103 Å². The van der Waals surface area contributed by atoms with E-state index in [0.29, 0.717) is 6.61 Å². The Morgan fingerprint density at radius 1 is 0.829 bits per heavy atom. The van der Waals surface area contributed by atoms with Crippen LogP contribution < -0.4 is 9.64 Å². The summed E-state index contributed by atoms with van der Waals surface area (Å²) in [5, 5.41) is 13.7. The van der Waals surface area contributed by atoms with Gasteiger partial charge in [-0.3, -0.25) is 4.90 Å². The van der Waals surface area contributed by atoms with Gasteiger partial charge in [0.2, 0.25) is 0 Å². The van der Waals surface area contributed by atoms with Crippen LogP contribution in [0.25, 0.3) is 0 Å². The van der Waals surface area contributed by atoms with Crippen molar-refractivity contribution >= 4 is 17.3 Å². The van der Waals surface area contributed by atoms with Crippen molar-refractivity contribution in [3.05, 3.63) is 130 Å². The number of unbranched alkanes of at least 4 members (excludes halogenated alkanes) is 1. The second-order valence-electron chi connectivity index (χ2n) is 11.0. The highest BCUT2D eigenvalue weighted by molar-refractivity contribution is 6.30. The third-order valence-electron chi connectivity index (χ3n) is 8.31. The molecule has 0 bridgehead atoms. The maximum Gasteiger partial charge on any atom is 0.123 e. The Hall–Kier alpha value is -3.31. The van der Waals surface area contributed by atoms with Crippen LogP contribution in [0.2, 0.25) is 5.02 Å². The van der Waals surface area contributed by atoms with Crippen LogP contribution in [0.3, 0.4) is 0 Å². The third-order valence-corrected chi connectivity index (χ3v) is 8.54. The molecule has 214 valence electrons. The maximum absolute atomic E-state index is 12.9. The largest absolute Gasteiger partial charge is 0.494 e. The molecule has 0 spiro atoms. The molecule has 5 heteroatoms. The number of aryl methyl sites for hydroxylation is 1. The molecule has 1 aliphatic rings. The van der Waals surface area contributed by atoms with Gasteiger partial charge in [0.05, 0.1) is 6.61 Å². The minimum absolute atomic E-state index is 0.183. The first-order chi connectivity index (χ1) is 20.0. The van der Waals surface area contributed by atoms with Gasteiger partial charge in [0.25, 0.3) is 0 Å². The van der Waals surface area contributed by atoms with E-state index in [1.807, 2.05) is 66.7 Å². The van der Waals surface area contributed by atoms with Crippen LogP contribution in [0.4, 0.5) is 5.69 Å². The van der Waals surface area contributed by atoms with Gasteiger partial charge in [0.1, 0.15) is 11.4 Å². The van der Waals surface area contributed by atoms with Crippen molar-refractivity contribution in [3.8, 4) is 5.75 Å². The summed E-state index contributed by atoms with van der Waals surface area (Å²) < 4.78 is 5.95. The molecule has 0 aromatic heterocycles. The summed E-state index contributed by atoms with van der Waals surface area (Å²) in [6, 6.07) is 34.7. The van der Waals surface area contributed by atoms with Gasteiger partial charge in [-0.2, -0.15) is 0 Å². The molecule has 1 aliphatic heterocycles. The zero-order valence-electron chi connectivity index (χ0n) is 24.2. The zero-order valence-corrected chi connectivity index (χ0v) is 24.9. The summed E-state index contributed by atoms with van der Waals surface area (Å²) in [5.41, 5.74) is 4.10. The molecular weight excluding hydrogens is 528 g/mol. The average Bonchev–Trinajstić information content (AvgIpc) is 3.02. The first kappa shape index (κ1) is 29.2. The lowest BCUT2D eigenvalue weighted by Gasteiger charge is -2.43. The topological polar surface area (TPSA) is 35.9 Å². The Labute approximate surface area is 250 Å². The van der Waals surface area contributed by atoms with E-state index in [4.69, 9.17) is 16.3 Å². The fraction of sp³-hybridized carbons (Fsp3) is 0.333. The van der Waals surface area contributed by atoms with Crippen molar-refractivity contribution in [1.29, 1.82) is 0 Å². The van der Waals surface area contributed by atoms with Crippen LogP contribution in [0.5, 0.6) is 5.75 Å². The highest BCUT2D eigenvalue weighted by Crippen LogP contribution is 2.43. The molecule has 1 heterocycles. The van der Waals surface area contributed by atoms with Gasteiger partial charge in [0, 0.05) is 49.4 Å². The van der Waals surface area contributed by atoms with Crippen molar-refractivity contribution in [2.45, 2.75) is 38.2 Å². The Morgan fingerprint density at radius 3 is 2.12 bits per heavy atom. The molecule has 1 N–H and O–H groups in total. The van der Waals surface area contributed by atoms with Gasteiger partial charge in [-0.15, -0.1) is 0 Å². The number of piperazine rings is 1. The maximum atomic E-state index is 12.9. The van der Waals surface area contributed by atoms with Gasteiger partial charge < -0.3 is 14.7 Å². The second-order valence-corrected chi connectivity index (χ2v) is 11.5. The SMILES string of the molecule is CCCCOc1ccc(C(O)(c2ccccc2)C(CN2CCN(c3cc(Cl)ccc3C)CC2)c2ccccc2)cc1. The van der Waals surface area contributed by atoms with Crippen LogP contribution >= 0.6 is 11.6 Å². The van der Waals surface area contributed by atoms with Gasteiger partial charge >= 0.3 is 0 Å². The number of ether oxygens (including phenoxy) is 1. The third kappa shape index (κ3) is 6.78. The molecule has 2 unspecified atom stereocenters. The normalized spacial score (nSPS) is 16.2. The van der Waals surface area contributed by atoms with E-state index in [1.165, 1.54) is 11.3 Å². The summed E-state index contributed by atoms with van der Waals surface area (Å²) in [6.07, 6.45) is 2.12. The number of anilines is 1. The molecule has 4 aromatic carbocycles. The first-order valence-corrected chi connectivity index (χ1v) is 15.2. The smallest absolute Gasteiger partial charge is 0.123 e. The van der Waals surface area contributed by atoms with Crippen molar-refractivity contribution < 1.29 is 9.84 Å². The predicted octanol–water partition coefficient (Wildman–Crippen LogP) is 7.67. The number of benzene rings is 4. The van der Waals surface area contributed by atoms with Crippen LogP contribution in [-0.4, -0.2) is 49.3 Å². The molecule has 41 heavy (non-hydrogen) atoms. The van der Waals surface area contributed by atoms with Crippen molar-refractivity contribution in [2.75, 3.05) is 44.2 Å². The molecule has 5 rings (SSSR count). The highest BCUT2D eigenvalue weighted by atomic mass is 35.5. The summed E-state index contributed by atoms with van der Waals surface area (Å²) in [4.78, 5) is 4.92. The number of aliphatic hydroxyl groups is 1. The number of nitrogens with zero attached hydrogens (tertiary/aromatic N) is 2.